The van der Waals surface area contributed by atoms with Crippen LogP contribution in [0, 0.1) is 0 Å². The Morgan fingerprint density at radius 3 is 2.62 bits per heavy atom. The smallest absolute Gasteiger partial charge is 0.0498 e. The van der Waals surface area contributed by atoms with Crippen LogP contribution in [-0.4, -0.2) is 19.6 Å². The highest BCUT2D eigenvalue weighted by molar-refractivity contribution is 5.50. The van der Waals surface area contributed by atoms with Crippen LogP contribution in [0.2, 0.25) is 0 Å². The summed E-state index contributed by atoms with van der Waals surface area (Å²) in [5, 5.41) is 3.63. The summed E-state index contributed by atoms with van der Waals surface area (Å²) in [6.07, 6.45) is 0. The van der Waals surface area contributed by atoms with Crippen LogP contribution in [-0.2, 0) is 0 Å². The Morgan fingerprint density at radius 1 is 1.05 bits per heavy atom. The molecule has 1 fully saturated rings. The number of nitrogens with one attached hydrogen (secondary N) is 1. The lowest BCUT2D eigenvalue weighted by atomic mass is 10.0. The highest BCUT2D eigenvalue weighted by atomic mass is 15.2. The summed E-state index contributed by atoms with van der Waals surface area (Å²) in [7, 11) is 0. The van der Waals surface area contributed by atoms with Gasteiger partial charge in [-0.2, -0.15) is 0 Å². The zero-order valence-corrected chi connectivity index (χ0v) is 12.9. The van der Waals surface area contributed by atoms with Crippen molar-refractivity contribution in [1.82, 2.24) is 5.32 Å². The topological polar surface area (TPSA) is 15.3 Å². The average molecular weight is 280 g/mol. The van der Waals surface area contributed by atoms with Crippen LogP contribution < -0.4 is 10.2 Å². The van der Waals surface area contributed by atoms with Crippen LogP contribution in [0.3, 0.4) is 0 Å². The molecule has 1 unspecified atom stereocenters. The van der Waals surface area contributed by atoms with Gasteiger partial charge in [0.15, 0.2) is 0 Å². The molecule has 110 valence electrons. The van der Waals surface area contributed by atoms with Crippen molar-refractivity contribution < 1.29 is 0 Å². The summed E-state index contributed by atoms with van der Waals surface area (Å²) < 4.78 is 0. The first-order valence-corrected chi connectivity index (χ1v) is 7.87. The van der Waals surface area contributed by atoms with E-state index in [1.807, 2.05) is 0 Å². The first kappa shape index (κ1) is 14.2. The van der Waals surface area contributed by atoms with E-state index in [4.69, 9.17) is 0 Å². The van der Waals surface area contributed by atoms with E-state index in [9.17, 15) is 0 Å². The molecular weight excluding hydrogens is 256 g/mol. The molecule has 1 saturated heterocycles. The van der Waals surface area contributed by atoms with Crippen molar-refractivity contribution in [1.29, 1.82) is 0 Å². The molecule has 0 saturated carbocycles. The fourth-order valence-corrected chi connectivity index (χ4v) is 2.97. The normalized spacial score (nSPS) is 19.0. The van der Waals surface area contributed by atoms with Gasteiger partial charge in [-0.1, -0.05) is 56.3 Å². The molecule has 0 radical (unpaired) electrons. The Kier molecular flexibility index (Phi) is 4.26. The summed E-state index contributed by atoms with van der Waals surface area (Å²) in [6.45, 7) is 7.65. The molecule has 3 rings (SSSR count). The van der Waals surface area contributed by atoms with E-state index in [0.29, 0.717) is 12.0 Å². The lowest BCUT2D eigenvalue weighted by Crippen LogP contribution is -2.45. The maximum Gasteiger partial charge on any atom is 0.0498 e. The molecule has 0 aromatic heterocycles. The molecule has 1 aliphatic rings. The Hall–Kier alpha value is -1.80. The highest BCUT2D eigenvalue weighted by Gasteiger charge is 2.20. The number of hydrogen-bond acceptors (Lipinski definition) is 2. The molecular formula is C19H24N2. The van der Waals surface area contributed by atoms with Gasteiger partial charge in [0.2, 0.25) is 0 Å². The summed E-state index contributed by atoms with van der Waals surface area (Å²) in [5.74, 6) is 0.581. The van der Waals surface area contributed by atoms with Gasteiger partial charge in [0.05, 0.1) is 0 Å². The SMILES string of the molecule is CC(C)c1cccc(N2CCNC(c3ccccc3)C2)c1. The van der Waals surface area contributed by atoms with Gasteiger partial charge in [0, 0.05) is 31.4 Å². The van der Waals surface area contributed by atoms with Gasteiger partial charge >= 0.3 is 0 Å². The lowest BCUT2D eigenvalue weighted by molar-refractivity contribution is 0.472. The van der Waals surface area contributed by atoms with Crippen molar-refractivity contribution in [3.63, 3.8) is 0 Å². The van der Waals surface area contributed by atoms with E-state index >= 15 is 0 Å². The second-order valence-corrected chi connectivity index (χ2v) is 6.11. The van der Waals surface area contributed by atoms with Gasteiger partial charge in [-0.05, 0) is 29.2 Å². The third-order valence-electron chi connectivity index (χ3n) is 4.28. The predicted octanol–water partition coefficient (Wildman–Crippen LogP) is 3.96. The van der Waals surface area contributed by atoms with Crippen molar-refractivity contribution in [2.75, 3.05) is 24.5 Å². The molecule has 0 spiro atoms. The number of rotatable bonds is 3. The molecule has 0 aliphatic carbocycles. The number of piperazine rings is 1. The van der Waals surface area contributed by atoms with Gasteiger partial charge in [-0.15, -0.1) is 0 Å². The van der Waals surface area contributed by atoms with Gasteiger partial charge in [0.1, 0.15) is 0 Å². The minimum absolute atomic E-state index is 0.419. The summed E-state index contributed by atoms with van der Waals surface area (Å²) in [6, 6.07) is 20.2. The molecule has 1 N–H and O–H groups in total. The Labute approximate surface area is 127 Å². The largest absolute Gasteiger partial charge is 0.368 e. The Morgan fingerprint density at radius 2 is 1.86 bits per heavy atom. The molecule has 0 bridgehead atoms. The second kappa shape index (κ2) is 6.31. The van der Waals surface area contributed by atoms with E-state index < -0.39 is 0 Å². The molecule has 2 aromatic rings. The fraction of sp³-hybridized carbons (Fsp3) is 0.368. The average Bonchev–Trinajstić information content (AvgIpc) is 2.56. The van der Waals surface area contributed by atoms with E-state index in [-0.39, 0.29) is 0 Å². The molecule has 2 aromatic carbocycles. The van der Waals surface area contributed by atoms with Crippen LogP contribution in [0.1, 0.15) is 36.9 Å². The van der Waals surface area contributed by atoms with Gasteiger partial charge in [-0.3, -0.25) is 0 Å². The quantitative estimate of drug-likeness (QED) is 0.915. The maximum atomic E-state index is 3.63. The van der Waals surface area contributed by atoms with Gasteiger partial charge < -0.3 is 10.2 Å². The second-order valence-electron chi connectivity index (χ2n) is 6.11. The van der Waals surface area contributed by atoms with Crippen molar-refractivity contribution in [2.45, 2.75) is 25.8 Å². The zero-order chi connectivity index (χ0) is 14.7. The molecule has 1 atom stereocenters. The van der Waals surface area contributed by atoms with Crippen LogP contribution in [0.25, 0.3) is 0 Å². The van der Waals surface area contributed by atoms with E-state index in [0.717, 1.165) is 19.6 Å². The van der Waals surface area contributed by atoms with Crippen LogP contribution in [0.5, 0.6) is 0 Å². The van der Waals surface area contributed by atoms with Gasteiger partial charge in [0.25, 0.3) is 0 Å². The minimum atomic E-state index is 0.419. The predicted molar refractivity (Wildman–Crippen MR) is 89.9 cm³/mol. The zero-order valence-electron chi connectivity index (χ0n) is 12.9. The van der Waals surface area contributed by atoms with Crippen molar-refractivity contribution in [3.05, 3.63) is 65.7 Å². The monoisotopic (exact) mass is 280 g/mol. The summed E-state index contributed by atoms with van der Waals surface area (Å²) >= 11 is 0. The summed E-state index contributed by atoms with van der Waals surface area (Å²) in [4.78, 5) is 2.50. The van der Waals surface area contributed by atoms with Crippen LogP contribution in [0.15, 0.2) is 54.6 Å². The fourth-order valence-electron chi connectivity index (χ4n) is 2.97. The van der Waals surface area contributed by atoms with Crippen molar-refractivity contribution >= 4 is 5.69 Å². The standard InChI is InChI=1S/C19H24N2/c1-15(2)17-9-6-10-18(13-17)21-12-11-20-19(14-21)16-7-4-3-5-8-16/h3-10,13,15,19-20H,11-12,14H2,1-2H3. The van der Waals surface area contributed by atoms with Crippen molar-refractivity contribution in [3.8, 4) is 0 Å². The number of benzene rings is 2. The third-order valence-corrected chi connectivity index (χ3v) is 4.28. The first-order valence-electron chi connectivity index (χ1n) is 7.87. The first-order chi connectivity index (χ1) is 10.2. The molecule has 2 heteroatoms. The number of nitrogens with zero attached hydrogens (tertiary/aromatic N) is 1. The van der Waals surface area contributed by atoms with Gasteiger partial charge in [-0.25, -0.2) is 0 Å². The molecule has 21 heavy (non-hydrogen) atoms. The van der Waals surface area contributed by atoms with Crippen LogP contribution in [0.4, 0.5) is 5.69 Å². The van der Waals surface area contributed by atoms with E-state index in [1.165, 1.54) is 16.8 Å². The highest BCUT2D eigenvalue weighted by Crippen LogP contribution is 2.25. The van der Waals surface area contributed by atoms with E-state index in [2.05, 4.69) is 78.7 Å². The maximum absolute atomic E-state index is 3.63. The Balaban J connectivity index is 1.78. The minimum Gasteiger partial charge on any atom is -0.368 e. The Bertz CT molecular complexity index is 577. The molecule has 1 aliphatic heterocycles. The molecule has 2 nitrogen and oxygen atoms in total. The molecule has 1 heterocycles. The lowest BCUT2D eigenvalue weighted by Gasteiger charge is -2.36. The molecule has 0 amide bonds. The number of hydrogen-bond donors (Lipinski definition) is 1. The van der Waals surface area contributed by atoms with Crippen molar-refractivity contribution in [2.24, 2.45) is 0 Å². The summed E-state index contributed by atoms with van der Waals surface area (Å²) in [5.41, 5.74) is 4.15. The third kappa shape index (κ3) is 3.27. The number of anilines is 1. The van der Waals surface area contributed by atoms with E-state index in [1.54, 1.807) is 0 Å². The van der Waals surface area contributed by atoms with Crippen LogP contribution >= 0.6 is 0 Å².